The lowest BCUT2D eigenvalue weighted by Gasteiger charge is -2.49. The van der Waals surface area contributed by atoms with Crippen LogP contribution in [0.1, 0.15) is 29.6 Å². The summed E-state index contributed by atoms with van der Waals surface area (Å²) < 4.78 is 28.0. The van der Waals surface area contributed by atoms with Gasteiger partial charge >= 0.3 is 0 Å². The summed E-state index contributed by atoms with van der Waals surface area (Å²) in [7, 11) is 5.53. The molecule has 1 fully saturated rings. The fourth-order valence-electron chi connectivity index (χ4n) is 2.78. The van der Waals surface area contributed by atoms with E-state index in [1.165, 1.54) is 4.90 Å². The number of benzene rings is 1. The molecule has 21 heavy (non-hydrogen) atoms. The molecular weight excluding hydrogens is 342 g/mol. The van der Waals surface area contributed by atoms with Gasteiger partial charge in [-0.2, -0.15) is 0 Å². The lowest BCUT2D eigenvalue weighted by atomic mass is 9.75. The van der Waals surface area contributed by atoms with Gasteiger partial charge in [0.1, 0.15) is 17.2 Å². The summed E-state index contributed by atoms with van der Waals surface area (Å²) in [6, 6.07) is 2.21. The van der Waals surface area contributed by atoms with Gasteiger partial charge in [-0.05, 0) is 45.5 Å². The van der Waals surface area contributed by atoms with E-state index in [9.17, 15) is 13.6 Å². The van der Waals surface area contributed by atoms with E-state index in [0.29, 0.717) is 6.54 Å². The van der Waals surface area contributed by atoms with E-state index < -0.39 is 23.1 Å². The fraction of sp³-hybridized carbons (Fsp3) is 0.533. The smallest absolute Gasteiger partial charge is 0.259 e. The van der Waals surface area contributed by atoms with Crippen molar-refractivity contribution in [2.75, 3.05) is 27.7 Å². The SMILES string of the molecule is CN(CC1(N(C)C)CCC1)C(=O)c1c(F)cc(Br)cc1F. The number of hydrogen-bond acceptors (Lipinski definition) is 2. The van der Waals surface area contributed by atoms with Crippen LogP contribution in [0.2, 0.25) is 0 Å². The minimum absolute atomic E-state index is 0.0767. The third-order valence-corrected chi connectivity index (χ3v) is 4.79. The van der Waals surface area contributed by atoms with Gasteiger partial charge in [-0.3, -0.25) is 4.79 Å². The summed E-state index contributed by atoms with van der Waals surface area (Å²) >= 11 is 3.01. The molecule has 0 heterocycles. The lowest BCUT2D eigenvalue weighted by molar-refractivity contribution is 0.0248. The number of carbonyl (C=O) groups excluding carboxylic acids is 1. The van der Waals surface area contributed by atoms with Gasteiger partial charge in [0.15, 0.2) is 0 Å². The number of carbonyl (C=O) groups is 1. The second kappa shape index (κ2) is 6.01. The van der Waals surface area contributed by atoms with E-state index in [1.807, 2.05) is 14.1 Å². The van der Waals surface area contributed by atoms with Gasteiger partial charge in [-0.1, -0.05) is 15.9 Å². The van der Waals surface area contributed by atoms with Crippen LogP contribution < -0.4 is 0 Å². The van der Waals surface area contributed by atoms with Crippen molar-refractivity contribution in [3.8, 4) is 0 Å². The van der Waals surface area contributed by atoms with E-state index in [2.05, 4.69) is 20.8 Å². The minimum atomic E-state index is -0.841. The predicted molar refractivity (Wildman–Crippen MR) is 81.3 cm³/mol. The van der Waals surface area contributed by atoms with Crippen LogP contribution in [0.3, 0.4) is 0 Å². The van der Waals surface area contributed by atoms with Gasteiger partial charge in [0, 0.05) is 23.6 Å². The van der Waals surface area contributed by atoms with E-state index in [-0.39, 0.29) is 10.0 Å². The van der Waals surface area contributed by atoms with Crippen molar-refractivity contribution >= 4 is 21.8 Å². The molecule has 0 saturated heterocycles. The van der Waals surface area contributed by atoms with Crippen LogP contribution in [0.4, 0.5) is 8.78 Å². The molecule has 0 atom stereocenters. The second-order valence-electron chi connectivity index (χ2n) is 5.88. The highest BCUT2D eigenvalue weighted by Crippen LogP contribution is 2.37. The molecule has 1 aliphatic carbocycles. The zero-order valence-corrected chi connectivity index (χ0v) is 14.0. The van der Waals surface area contributed by atoms with Gasteiger partial charge in [-0.25, -0.2) is 8.78 Å². The van der Waals surface area contributed by atoms with Crippen molar-refractivity contribution in [1.29, 1.82) is 0 Å². The molecule has 0 aromatic heterocycles. The molecule has 1 amide bonds. The van der Waals surface area contributed by atoms with Gasteiger partial charge in [-0.15, -0.1) is 0 Å². The molecule has 0 unspecified atom stereocenters. The fourth-order valence-corrected chi connectivity index (χ4v) is 3.18. The predicted octanol–water partition coefficient (Wildman–Crippen LogP) is 3.28. The van der Waals surface area contributed by atoms with Crippen molar-refractivity contribution in [3.63, 3.8) is 0 Å². The van der Waals surface area contributed by atoms with Crippen LogP contribution in [0, 0.1) is 11.6 Å². The first-order valence-corrected chi connectivity index (χ1v) is 7.63. The summed E-state index contributed by atoms with van der Waals surface area (Å²) in [4.78, 5) is 15.9. The van der Waals surface area contributed by atoms with Crippen LogP contribution >= 0.6 is 15.9 Å². The van der Waals surface area contributed by atoms with Crippen molar-refractivity contribution in [1.82, 2.24) is 9.80 Å². The first-order chi connectivity index (χ1) is 9.77. The monoisotopic (exact) mass is 360 g/mol. The Kier molecular flexibility index (Phi) is 4.68. The number of likely N-dealkylation sites (N-methyl/N-ethyl adjacent to an activating group) is 2. The van der Waals surface area contributed by atoms with Gasteiger partial charge < -0.3 is 9.80 Å². The highest BCUT2D eigenvalue weighted by molar-refractivity contribution is 9.10. The second-order valence-corrected chi connectivity index (χ2v) is 6.79. The Balaban J connectivity index is 2.20. The number of halogens is 3. The summed E-state index contributed by atoms with van der Waals surface area (Å²) in [6.07, 6.45) is 3.09. The van der Waals surface area contributed by atoms with Crippen LogP contribution in [-0.2, 0) is 0 Å². The Morgan fingerprint density at radius 1 is 1.24 bits per heavy atom. The highest BCUT2D eigenvalue weighted by Gasteiger charge is 2.41. The number of amides is 1. The third-order valence-electron chi connectivity index (χ3n) is 4.33. The standard InChI is InChI=1S/C15H19BrF2N2O/c1-19(2)15(5-4-6-15)9-20(3)14(21)13-11(17)7-10(16)8-12(13)18/h7-8H,4-6,9H2,1-3H3. The largest absolute Gasteiger partial charge is 0.340 e. The molecule has 2 rings (SSSR count). The third kappa shape index (κ3) is 3.11. The molecule has 1 aromatic carbocycles. The minimum Gasteiger partial charge on any atom is -0.340 e. The first-order valence-electron chi connectivity index (χ1n) is 6.84. The Hall–Kier alpha value is -1.01. The maximum Gasteiger partial charge on any atom is 0.259 e. The van der Waals surface area contributed by atoms with Gasteiger partial charge in [0.2, 0.25) is 0 Å². The normalized spacial score (nSPS) is 16.7. The van der Waals surface area contributed by atoms with Crippen LogP contribution in [0.5, 0.6) is 0 Å². The molecule has 0 bridgehead atoms. The Bertz CT molecular complexity index is 536. The number of nitrogens with zero attached hydrogens (tertiary/aromatic N) is 2. The Labute approximate surface area is 132 Å². The van der Waals surface area contributed by atoms with Gasteiger partial charge in [0.05, 0.1) is 0 Å². The van der Waals surface area contributed by atoms with E-state index in [4.69, 9.17) is 0 Å². The maximum atomic E-state index is 13.9. The number of rotatable bonds is 4. The molecule has 0 aliphatic heterocycles. The average Bonchev–Trinajstić information content (AvgIpc) is 2.31. The van der Waals surface area contributed by atoms with Crippen LogP contribution in [-0.4, -0.2) is 48.9 Å². The zero-order chi connectivity index (χ0) is 15.8. The molecule has 1 aliphatic rings. The molecule has 1 aromatic rings. The average molecular weight is 361 g/mol. The Morgan fingerprint density at radius 3 is 2.14 bits per heavy atom. The van der Waals surface area contributed by atoms with E-state index in [1.54, 1.807) is 7.05 Å². The van der Waals surface area contributed by atoms with Gasteiger partial charge in [0.25, 0.3) is 5.91 Å². The molecule has 0 N–H and O–H groups in total. The summed E-state index contributed by atoms with van der Waals surface area (Å²) in [5.41, 5.74) is -0.568. The zero-order valence-electron chi connectivity index (χ0n) is 12.4. The first kappa shape index (κ1) is 16.4. The quantitative estimate of drug-likeness (QED) is 0.822. The molecule has 3 nitrogen and oxygen atoms in total. The van der Waals surface area contributed by atoms with Crippen molar-refractivity contribution in [2.45, 2.75) is 24.8 Å². The Morgan fingerprint density at radius 2 is 1.76 bits per heavy atom. The molecular formula is C15H19BrF2N2O. The summed E-state index contributed by atoms with van der Waals surface area (Å²) in [5, 5.41) is 0. The maximum absolute atomic E-state index is 13.9. The molecule has 6 heteroatoms. The number of hydrogen-bond donors (Lipinski definition) is 0. The van der Waals surface area contributed by atoms with E-state index >= 15 is 0 Å². The van der Waals surface area contributed by atoms with Crippen LogP contribution in [0.25, 0.3) is 0 Å². The molecule has 0 radical (unpaired) electrons. The van der Waals surface area contributed by atoms with E-state index in [0.717, 1.165) is 31.4 Å². The van der Waals surface area contributed by atoms with Crippen molar-refractivity contribution in [2.24, 2.45) is 0 Å². The molecule has 1 saturated carbocycles. The molecule has 0 spiro atoms. The van der Waals surface area contributed by atoms with Crippen molar-refractivity contribution < 1.29 is 13.6 Å². The van der Waals surface area contributed by atoms with Crippen LogP contribution in [0.15, 0.2) is 16.6 Å². The summed E-state index contributed by atoms with van der Waals surface area (Å²) in [5.74, 6) is -2.30. The van der Waals surface area contributed by atoms with Crippen molar-refractivity contribution in [3.05, 3.63) is 33.8 Å². The molecule has 116 valence electrons. The topological polar surface area (TPSA) is 23.6 Å². The highest BCUT2D eigenvalue weighted by atomic mass is 79.9. The lowest BCUT2D eigenvalue weighted by Crippen LogP contribution is -2.57. The summed E-state index contributed by atoms with van der Waals surface area (Å²) in [6.45, 7) is 0.466.